The molecular weight excluding hydrogens is 202 g/mol. The van der Waals surface area contributed by atoms with Gasteiger partial charge in [-0.15, -0.1) is 0 Å². The molecule has 1 aromatic rings. The Labute approximate surface area is 96.8 Å². The third kappa shape index (κ3) is 1.65. The second-order valence-corrected chi connectivity index (χ2v) is 4.81. The second kappa shape index (κ2) is 3.98. The van der Waals surface area contributed by atoms with Gasteiger partial charge in [0.1, 0.15) is 0 Å². The first kappa shape index (κ1) is 11.3. The molecule has 0 bridgehead atoms. The van der Waals surface area contributed by atoms with Gasteiger partial charge in [-0.25, -0.2) is 0 Å². The van der Waals surface area contributed by atoms with Crippen LogP contribution in [0.25, 0.3) is 0 Å². The number of fused-ring (bicyclic) bond motifs is 1. The molecule has 0 amide bonds. The summed E-state index contributed by atoms with van der Waals surface area (Å²) < 4.78 is 10.8. The third-order valence-electron chi connectivity index (χ3n) is 3.25. The van der Waals surface area contributed by atoms with Crippen molar-refractivity contribution in [3.05, 3.63) is 23.3 Å². The SMILES string of the molecule is COc1ccc2c(c1OC)CNCC2(C)C. The van der Waals surface area contributed by atoms with Crippen LogP contribution in [0, 0.1) is 0 Å². The first-order chi connectivity index (χ1) is 7.60. The summed E-state index contributed by atoms with van der Waals surface area (Å²) in [6.45, 7) is 6.32. The standard InChI is InChI=1S/C13H19NO2/c1-13(2)8-14-7-9-10(13)5-6-11(15-3)12(9)16-4/h5-6,14H,7-8H2,1-4H3. The van der Waals surface area contributed by atoms with Gasteiger partial charge in [-0.2, -0.15) is 0 Å². The molecule has 88 valence electrons. The molecular formula is C13H19NO2. The normalized spacial score (nSPS) is 17.8. The summed E-state index contributed by atoms with van der Waals surface area (Å²) in [6, 6.07) is 4.14. The van der Waals surface area contributed by atoms with Gasteiger partial charge in [0.2, 0.25) is 0 Å². The molecule has 1 N–H and O–H groups in total. The minimum atomic E-state index is 0.146. The van der Waals surface area contributed by atoms with Crippen LogP contribution in [0.1, 0.15) is 25.0 Å². The minimum Gasteiger partial charge on any atom is -0.493 e. The predicted octanol–water partition coefficient (Wildman–Crippen LogP) is 2.08. The van der Waals surface area contributed by atoms with Crippen molar-refractivity contribution >= 4 is 0 Å². The Balaban J connectivity index is 2.60. The zero-order valence-electron chi connectivity index (χ0n) is 10.4. The summed E-state index contributed by atoms with van der Waals surface area (Å²) in [5, 5.41) is 3.42. The molecule has 16 heavy (non-hydrogen) atoms. The maximum absolute atomic E-state index is 5.46. The lowest BCUT2D eigenvalue weighted by molar-refractivity contribution is 0.341. The summed E-state index contributed by atoms with van der Waals surface area (Å²) in [5.41, 5.74) is 2.72. The summed E-state index contributed by atoms with van der Waals surface area (Å²) in [6.07, 6.45) is 0. The Hall–Kier alpha value is -1.22. The number of methoxy groups -OCH3 is 2. The fourth-order valence-electron chi connectivity index (χ4n) is 2.40. The molecule has 1 aliphatic rings. The molecule has 1 aliphatic heterocycles. The van der Waals surface area contributed by atoms with E-state index < -0.39 is 0 Å². The summed E-state index contributed by atoms with van der Waals surface area (Å²) in [4.78, 5) is 0. The van der Waals surface area contributed by atoms with E-state index in [1.165, 1.54) is 11.1 Å². The summed E-state index contributed by atoms with van der Waals surface area (Å²) in [5.74, 6) is 1.67. The fourth-order valence-corrected chi connectivity index (χ4v) is 2.40. The number of rotatable bonds is 2. The zero-order chi connectivity index (χ0) is 11.8. The van der Waals surface area contributed by atoms with E-state index in [-0.39, 0.29) is 5.41 Å². The second-order valence-electron chi connectivity index (χ2n) is 4.81. The highest BCUT2D eigenvalue weighted by Gasteiger charge is 2.30. The number of ether oxygens (including phenoxy) is 2. The highest BCUT2D eigenvalue weighted by Crippen LogP contribution is 2.40. The van der Waals surface area contributed by atoms with Crippen molar-refractivity contribution in [1.82, 2.24) is 5.32 Å². The van der Waals surface area contributed by atoms with Gasteiger partial charge >= 0.3 is 0 Å². The molecule has 1 aromatic carbocycles. The van der Waals surface area contributed by atoms with Gasteiger partial charge in [0, 0.05) is 24.1 Å². The largest absolute Gasteiger partial charge is 0.493 e. The molecule has 3 nitrogen and oxygen atoms in total. The summed E-state index contributed by atoms with van der Waals surface area (Å²) >= 11 is 0. The van der Waals surface area contributed by atoms with Gasteiger partial charge in [-0.05, 0) is 11.6 Å². The molecule has 0 saturated carbocycles. The van der Waals surface area contributed by atoms with Gasteiger partial charge in [0.15, 0.2) is 11.5 Å². The minimum absolute atomic E-state index is 0.146. The van der Waals surface area contributed by atoms with Crippen LogP contribution >= 0.6 is 0 Å². The number of benzene rings is 1. The topological polar surface area (TPSA) is 30.5 Å². The van der Waals surface area contributed by atoms with E-state index in [1.54, 1.807) is 14.2 Å². The van der Waals surface area contributed by atoms with Crippen molar-refractivity contribution in [1.29, 1.82) is 0 Å². The molecule has 0 radical (unpaired) electrons. The van der Waals surface area contributed by atoms with Crippen LogP contribution in [0.4, 0.5) is 0 Å². The lowest BCUT2D eigenvalue weighted by Gasteiger charge is -2.34. The molecule has 3 heteroatoms. The molecule has 1 heterocycles. The smallest absolute Gasteiger partial charge is 0.165 e. The van der Waals surface area contributed by atoms with Crippen LogP contribution in [-0.4, -0.2) is 20.8 Å². The van der Waals surface area contributed by atoms with E-state index in [4.69, 9.17) is 9.47 Å². The van der Waals surface area contributed by atoms with E-state index in [1.807, 2.05) is 6.07 Å². The maximum Gasteiger partial charge on any atom is 0.165 e. The van der Waals surface area contributed by atoms with Crippen LogP contribution in [0.15, 0.2) is 12.1 Å². The van der Waals surface area contributed by atoms with Crippen molar-refractivity contribution in [2.75, 3.05) is 20.8 Å². The fraction of sp³-hybridized carbons (Fsp3) is 0.538. The van der Waals surface area contributed by atoms with Gasteiger partial charge in [-0.1, -0.05) is 19.9 Å². The predicted molar refractivity (Wildman–Crippen MR) is 64.3 cm³/mol. The Morgan fingerprint density at radius 1 is 1.19 bits per heavy atom. The molecule has 0 saturated heterocycles. The van der Waals surface area contributed by atoms with Crippen LogP contribution in [0.5, 0.6) is 11.5 Å². The zero-order valence-corrected chi connectivity index (χ0v) is 10.4. The van der Waals surface area contributed by atoms with E-state index in [0.717, 1.165) is 24.6 Å². The van der Waals surface area contributed by atoms with Crippen molar-refractivity contribution in [3.8, 4) is 11.5 Å². The quantitative estimate of drug-likeness (QED) is 0.829. The Morgan fingerprint density at radius 2 is 1.94 bits per heavy atom. The molecule has 0 spiro atoms. The van der Waals surface area contributed by atoms with E-state index in [2.05, 4.69) is 25.2 Å². The van der Waals surface area contributed by atoms with Crippen LogP contribution in [0.3, 0.4) is 0 Å². The highest BCUT2D eigenvalue weighted by atomic mass is 16.5. The van der Waals surface area contributed by atoms with E-state index in [0.29, 0.717) is 0 Å². The van der Waals surface area contributed by atoms with Crippen LogP contribution in [0.2, 0.25) is 0 Å². The average molecular weight is 221 g/mol. The molecule has 2 rings (SSSR count). The number of hydrogen-bond acceptors (Lipinski definition) is 3. The molecule has 0 aliphatic carbocycles. The Bertz CT molecular complexity index is 399. The van der Waals surface area contributed by atoms with Gasteiger partial charge in [0.25, 0.3) is 0 Å². The lowest BCUT2D eigenvalue weighted by atomic mass is 9.79. The number of nitrogens with one attached hydrogen (secondary N) is 1. The molecule has 0 atom stereocenters. The van der Waals surface area contributed by atoms with Crippen molar-refractivity contribution in [2.24, 2.45) is 0 Å². The monoisotopic (exact) mass is 221 g/mol. The Kier molecular flexibility index (Phi) is 2.80. The first-order valence-corrected chi connectivity index (χ1v) is 5.55. The average Bonchev–Trinajstić information content (AvgIpc) is 2.27. The van der Waals surface area contributed by atoms with Gasteiger partial charge in [0.05, 0.1) is 14.2 Å². The first-order valence-electron chi connectivity index (χ1n) is 5.55. The van der Waals surface area contributed by atoms with Crippen molar-refractivity contribution < 1.29 is 9.47 Å². The lowest BCUT2D eigenvalue weighted by Crippen LogP contribution is -2.38. The van der Waals surface area contributed by atoms with E-state index in [9.17, 15) is 0 Å². The highest BCUT2D eigenvalue weighted by molar-refractivity contribution is 5.53. The molecule has 0 aromatic heterocycles. The van der Waals surface area contributed by atoms with E-state index >= 15 is 0 Å². The third-order valence-corrected chi connectivity index (χ3v) is 3.25. The molecule has 0 unspecified atom stereocenters. The molecule has 0 fully saturated rings. The number of hydrogen-bond donors (Lipinski definition) is 1. The van der Waals surface area contributed by atoms with Crippen molar-refractivity contribution in [2.45, 2.75) is 25.8 Å². The van der Waals surface area contributed by atoms with Gasteiger partial charge < -0.3 is 14.8 Å². The van der Waals surface area contributed by atoms with Crippen LogP contribution < -0.4 is 14.8 Å². The summed E-state index contributed by atoms with van der Waals surface area (Å²) in [7, 11) is 3.37. The van der Waals surface area contributed by atoms with Crippen LogP contribution in [-0.2, 0) is 12.0 Å². The van der Waals surface area contributed by atoms with Gasteiger partial charge in [-0.3, -0.25) is 0 Å². The maximum atomic E-state index is 5.46. The van der Waals surface area contributed by atoms with Crippen molar-refractivity contribution in [3.63, 3.8) is 0 Å². The Morgan fingerprint density at radius 3 is 2.56 bits per heavy atom.